The van der Waals surface area contributed by atoms with Gasteiger partial charge in [-0.1, -0.05) is 13.0 Å². The van der Waals surface area contributed by atoms with Crippen molar-refractivity contribution in [1.29, 1.82) is 0 Å². The van der Waals surface area contributed by atoms with Crippen LogP contribution < -0.4 is 10.6 Å². The van der Waals surface area contributed by atoms with Crippen molar-refractivity contribution >= 4 is 15.9 Å². The molecule has 0 amide bonds. The number of alkyl halides is 1. The molecule has 4 heteroatoms. The summed E-state index contributed by atoms with van der Waals surface area (Å²) in [5.74, 6) is 0. The summed E-state index contributed by atoms with van der Waals surface area (Å²) in [6.45, 7) is 2.23. The van der Waals surface area contributed by atoms with E-state index in [0.717, 1.165) is 4.61 Å². The van der Waals surface area contributed by atoms with Crippen molar-refractivity contribution in [3.8, 4) is 0 Å². The maximum absolute atomic E-state index is 12.8. The molecule has 13 heavy (non-hydrogen) atoms. The highest BCUT2D eigenvalue weighted by Gasteiger charge is 2.09. The van der Waals surface area contributed by atoms with Gasteiger partial charge in [-0.3, -0.25) is 5.32 Å². The van der Waals surface area contributed by atoms with Gasteiger partial charge in [0, 0.05) is 6.54 Å². The van der Waals surface area contributed by atoms with E-state index in [2.05, 4.69) is 26.6 Å². The van der Waals surface area contributed by atoms with E-state index in [-0.39, 0.29) is 6.17 Å². The van der Waals surface area contributed by atoms with Gasteiger partial charge < -0.3 is 5.32 Å². The molecule has 1 aliphatic rings. The van der Waals surface area contributed by atoms with E-state index in [1.54, 1.807) is 0 Å². The molecule has 0 saturated heterocycles. The molecule has 1 rings (SSSR count). The summed E-state index contributed by atoms with van der Waals surface area (Å²) >= 11 is 3.32. The predicted octanol–water partition coefficient (Wildman–Crippen LogP) is 2.05. The Hall–Kier alpha value is -0.350. The Kier molecular flexibility index (Phi) is 4.45. The first-order chi connectivity index (χ1) is 6.22. The molecule has 1 heterocycles. The lowest BCUT2D eigenvalue weighted by Crippen LogP contribution is -2.42. The molecule has 2 atom stereocenters. The zero-order valence-electron chi connectivity index (χ0n) is 7.56. The van der Waals surface area contributed by atoms with Crippen molar-refractivity contribution in [2.75, 3.05) is 6.54 Å². The molecule has 0 saturated carbocycles. The third-order valence-electron chi connectivity index (χ3n) is 1.84. The topological polar surface area (TPSA) is 24.1 Å². The fraction of sp³-hybridized carbons (Fsp3) is 0.556. The molecular weight excluding hydrogens is 235 g/mol. The molecular formula is C9H14BrFN2. The van der Waals surface area contributed by atoms with Crippen LogP contribution in [0.5, 0.6) is 0 Å². The summed E-state index contributed by atoms with van der Waals surface area (Å²) in [6.07, 6.45) is 5.61. The molecule has 0 radical (unpaired) electrons. The average Bonchev–Trinajstić information content (AvgIpc) is 2.14. The van der Waals surface area contributed by atoms with Gasteiger partial charge in [0.15, 0.2) is 0 Å². The fourth-order valence-corrected chi connectivity index (χ4v) is 1.41. The molecule has 0 aromatic heterocycles. The normalized spacial score (nSPS) is 23.6. The average molecular weight is 249 g/mol. The van der Waals surface area contributed by atoms with Crippen molar-refractivity contribution in [3.05, 3.63) is 22.8 Å². The number of dihydropyridines is 1. The summed E-state index contributed by atoms with van der Waals surface area (Å²) in [6, 6.07) is 0. The molecule has 74 valence electrons. The van der Waals surface area contributed by atoms with Crippen LogP contribution >= 0.6 is 15.9 Å². The third kappa shape index (κ3) is 3.91. The van der Waals surface area contributed by atoms with Gasteiger partial charge in [-0.05, 0) is 34.5 Å². The maximum atomic E-state index is 12.8. The number of nitrogens with one attached hydrogen (secondary N) is 2. The molecule has 2 N–H and O–H groups in total. The standard InChI is InChI=1S/C9H14BrFN2/c1-2-7(11)6-12-9-5-3-4-8(10)13-9/h3-5,7,9,12-13H,2,6H2,1H3. The van der Waals surface area contributed by atoms with E-state index in [4.69, 9.17) is 0 Å². The zero-order chi connectivity index (χ0) is 9.68. The van der Waals surface area contributed by atoms with Crippen LogP contribution in [0.25, 0.3) is 0 Å². The second kappa shape index (κ2) is 5.40. The Morgan fingerprint density at radius 1 is 1.77 bits per heavy atom. The van der Waals surface area contributed by atoms with Crippen molar-refractivity contribution in [1.82, 2.24) is 10.6 Å². The minimum atomic E-state index is -0.764. The van der Waals surface area contributed by atoms with Crippen molar-refractivity contribution < 1.29 is 4.39 Å². The Morgan fingerprint density at radius 3 is 3.15 bits per heavy atom. The summed E-state index contributed by atoms with van der Waals surface area (Å²) in [5, 5.41) is 6.17. The lowest BCUT2D eigenvalue weighted by molar-refractivity contribution is 0.300. The molecule has 2 unspecified atom stereocenters. The molecule has 0 bridgehead atoms. The van der Waals surface area contributed by atoms with E-state index < -0.39 is 6.17 Å². The SMILES string of the molecule is CCC(F)CNC1C=CC=C(Br)N1. The molecule has 0 aliphatic carbocycles. The first kappa shape index (κ1) is 10.7. The smallest absolute Gasteiger partial charge is 0.112 e. The number of hydrogen-bond donors (Lipinski definition) is 2. The number of allylic oxidation sites excluding steroid dienone is 2. The van der Waals surface area contributed by atoms with Gasteiger partial charge in [-0.25, -0.2) is 4.39 Å². The van der Waals surface area contributed by atoms with Crippen LogP contribution in [0.15, 0.2) is 22.8 Å². The minimum absolute atomic E-state index is 0.0316. The van der Waals surface area contributed by atoms with Crippen LogP contribution in [0.2, 0.25) is 0 Å². The maximum Gasteiger partial charge on any atom is 0.112 e. The molecule has 0 fully saturated rings. The molecule has 2 nitrogen and oxygen atoms in total. The third-order valence-corrected chi connectivity index (χ3v) is 2.33. The highest BCUT2D eigenvalue weighted by Crippen LogP contribution is 2.06. The fourth-order valence-electron chi connectivity index (χ4n) is 1.01. The van der Waals surface area contributed by atoms with Gasteiger partial charge in [-0.2, -0.15) is 0 Å². The molecule has 0 aromatic rings. The van der Waals surface area contributed by atoms with E-state index in [9.17, 15) is 4.39 Å². The van der Waals surface area contributed by atoms with E-state index >= 15 is 0 Å². The van der Waals surface area contributed by atoms with Crippen molar-refractivity contribution in [2.45, 2.75) is 25.7 Å². The van der Waals surface area contributed by atoms with Crippen LogP contribution in [0, 0.1) is 0 Å². The highest BCUT2D eigenvalue weighted by atomic mass is 79.9. The second-order valence-electron chi connectivity index (χ2n) is 2.94. The van der Waals surface area contributed by atoms with Gasteiger partial charge >= 0.3 is 0 Å². The summed E-state index contributed by atoms with van der Waals surface area (Å²) in [7, 11) is 0. The van der Waals surface area contributed by atoms with Gasteiger partial charge in [0.05, 0.1) is 10.8 Å². The number of halogens is 2. The zero-order valence-corrected chi connectivity index (χ0v) is 9.14. The summed E-state index contributed by atoms with van der Waals surface area (Å²) < 4.78 is 13.8. The quantitative estimate of drug-likeness (QED) is 0.745. The van der Waals surface area contributed by atoms with Gasteiger partial charge in [-0.15, -0.1) is 0 Å². The lowest BCUT2D eigenvalue weighted by Gasteiger charge is -2.20. The van der Waals surface area contributed by atoms with E-state index in [0.29, 0.717) is 13.0 Å². The first-order valence-corrected chi connectivity index (χ1v) is 5.19. The molecule has 0 spiro atoms. The first-order valence-electron chi connectivity index (χ1n) is 4.40. The highest BCUT2D eigenvalue weighted by molar-refractivity contribution is 9.11. The molecule has 1 aliphatic heterocycles. The Morgan fingerprint density at radius 2 is 2.54 bits per heavy atom. The van der Waals surface area contributed by atoms with Crippen molar-refractivity contribution in [2.24, 2.45) is 0 Å². The van der Waals surface area contributed by atoms with Crippen LogP contribution in [0.1, 0.15) is 13.3 Å². The summed E-state index contributed by atoms with van der Waals surface area (Å²) in [4.78, 5) is 0. The van der Waals surface area contributed by atoms with Gasteiger partial charge in [0.1, 0.15) is 6.17 Å². The predicted molar refractivity (Wildman–Crippen MR) is 56.3 cm³/mol. The van der Waals surface area contributed by atoms with E-state index in [1.807, 2.05) is 25.2 Å². The Bertz CT molecular complexity index is 216. The van der Waals surface area contributed by atoms with Gasteiger partial charge in [0.2, 0.25) is 0 Å². The number of rotatable bonds is 4. The van der Waals surface area contributed by atoms with Crippen LogP contribution in [-0.4, -0.2) is 18.9 Å². The summed E-state index contributed by atoms with van der Waals surface area (Å²) in [5.41, 5.74) is 0. The second-order valence-corrected chi connectivity index (χ2v) is 3.79. The Labute approximate surface area is 86.4 Å². The van der Waals surface area contributed by atoms with Gasteiger partial charge in [0.25, 0.3) is 0 Å². The largest absolute Gasteiger partial charge is 0.361 e. The van der Waals surface area contributed by atoms with Crippen LogP contribution in [0.3, 0.4) is 0 Å². The number of hydrogen-bond acceptors (Lipinski definition) is 2. The van der Waals surface area contributed by atoms with E-state index in [1.165, 1.54) is 0 Å². The Balaban J connectivity index is 2.24. The minimum Gasteiger partial charge on any atom is -0.361 e. The molecule has 0 aromatic carbocycles. The van der Waals surface area contributed by atoms with Crippen LogP contribution in [0.4, 0.5) is 4.39 Å². The lowest BCUT2D eigenvalue weighted by atomic mass is 10.3. The van der Waals surface area contributed by atoms with Crippen molar-refractivity contribution in [3.63, 3.8) is 0 Å². The monoisotopic (exact) mass is 248 g/mol. The van der Waals surface area contributed by atoms with Crippen LogP contribution in [-0.2, 0) is 0 Å².